The highest BCUT2D eigenvalue weighted by Crippen LogP contribution is 2.36. The van der Waals surface area contributed by atoms with Gasteiger partial charge in [0.1, 0.15) is 5.75 Å². The number of amides is 1. The Morgan fingerprint density at radius 3 is 2.46 bits per heavy atom. The number of benzene rings is 2. The third-order valence-electron chi connectivity index (χ3n) is 5.45. The van der Waals surface area contributed by atoms with E-state index >= 15 is 0 Å². The third kappa shape index (κ3) is 3.93. The molecule has 5 heteroatoms. The summed E-state index contributed by atoms with van der Waals surface area (Å²) >= 11 is 0. The standard InChI is InChI=1S/C23H25N3O2/c1-17(19-6-7-19)25(16-18-4-12-22(28-2)13-5-18)23(27)20-8-10-21(11-9-20)26-15-3-14-24-26/h3-5,8-15,17,19H,6-7,16H2,1-2H3. The fraction of sp³-hybridized carbons (Fsp3) is 0.304. The summed E-state index contributed by atoms with van der Waals surface area (Å²) < 4.78 is 7.03. The quantitative estimate of drug-likeness (QED) is 0.618. The summed E-state index contributed by atoms with van der Waals surface area (Å²) in [4.78, 5) is 15.3. The summed E-state index contributed by atoms with van der Waals surface area (Å²) in [5, 5.41) is 4.24. The Morgan fingerprint density at radius 2 is 1.89 bits per heavy atom. The molecule has 5 nitrogen and oxygen atoms in total. The molecule has 3 aromatic rings. The highest BCUT2D eigenvalue weighted by molar-refractivity contribution is 5.94. The maximum absolute atomic E-state index is 13.3. The predicted molar refractivity (Wildman–Crippen MR) is 109 cm³/mol. The second-order valence-electron chi connectivity index (χ2n) is 7.36. The highest BCUT2D eigenvalue weighted by atomic mass is 16.5. The van der Waals surface area contributed by atoms with Crippen LogP contribution in [0.1, 0.15) is 35.7 Å². The minimum atomic E-state index is 0.0715. The van der Waals surface area contributed by atoms with E-state index in [0.717, 1.165) is 17.0 Å². The van der Waals surface area contributed by atoms with E-state index < -0.39 is 0 Å². The topological polar surface area (TPSA) is 47.4 Å². The molecule has 0 saturated heterocycles. The first kappa shape index (κ1) is 18.3. The molecule has 1 unspecified atom stereocenters. The first-order valence-corrected chi connectivity index (χ1v) is 9.69. The molecule has 1 fully saturated rings. The molecule has 144 valence electrons. The molecule has 0 aliphatic heterocycles. The van der Waals surface area contributed by atoms with Crippen LogP contribution in [0.4, 0.5) is 0 Å². The maximum Gasteiger partial charge on any atom is 0.254 e. The Hall–Kier alpha value is -3.08. The normalized spacial score (nSPS) is 14.5. The summed E-state index contributed by atoms with van der Waals surface area (Å²) in [5.74, 6) is 1.50. The number of hydrogen-bond donors (Lipinski definition) is 0. The summed E-state index contributed by atoms with van der Waals surface area (Å²) in [5.41, 5.74) is 2.75. The SMILES string of the molecule is COc1ccc(CN(C(=O)c2ccc(-n3cccn3)cc2)C(C)C2CC2)cc1. The molecule has 4 rings (SSSR count). The molecule has 0 bridgehead atoms. The zero-order valence-corrected chi connectivity index (χ0v) is 16.3. The number of methoxy groups -OCH3 is 1. The monoisotopic (exact) mass is 375 g/mol. The molecule has 1 amide bonds. The van der Waals surface area contributed by atoms with E-state index in [-0.39, 0.29) is 11.9 Å². The Balaban J connectivity index is 1.55. The molecular formula is C23H25N3O2. The van der Waals surface area contributed by atoms with E-state index in [9.17, 15) is 4.79 Å². The molecular weight excluding hydrogens is 350 g/mol. The van der Waals surface area contributed by atoms with Gasteiger partial charge in [0.15, 0.2) is 0 Å². The van der Waals surface area contributed by atoms with Crippen LogP contribution >= 0.6 is 0 Å². The third-order valence-corrected chi connectivity index (χ3v) is 5.45. The van der Waals surface area contributed by atoms with Crippen molar-refractivity contribution in [2.24, 2.45) is 5.92 Å². The molecule has 28 heavy (non-hydrogen) atoms. The van der Waals surface area contributed by atoms with Crippen LogP contribution in [0.5, 0.6) is 5.75 Å². The first-order valence-electron chi connectivity index (χ1n) is 9.69. The maximum atomic E-state index is 13.3. The molecule has 2 aromatic carbocycles. The van der Waals surface area contributed by atoms with Crippen LogP contribution in [0.25, 0.3) is 5.69 Å². The van der Waals surface area contributed by atoms with Gasteiger partial charge in [-0.15, -0.1) is 0 Å². The molecule has 1 aliphatic rings. The van der Waals surface area contributed by atoms with Crippen molar-refractivity contribution in [3.05, 3.63) is 78.1 Å². The van der Waals surface area contributed by atoms with Crippen LogP contribution in [0.3, 0.4) is 0 Å². The average molecular weight is 375 g/mol. The van der Waals surface area contributed by atoms with Gasteiger partial charge in [-0.1, -0.05) is 12.1 Å². The summed E-state index contributed by atoms with van der Waals surface area (Å²) in [6, 6.07) is 17.7. The summed E-state index contributed by atoms with van der Waals surface area (Å²) in [6.07, 6.45) is 6.03. The lowest BCUT2D eigenvalue weighted by atomic mass is 10.1. The van der Waals surface area contributed by atoms with Gasteiger partial charge in [-0.25, -0.2) is 4.68 Å². The van der Waals surface area contributed by atoms with Gasteiger partial charge in [-0.3, -0.25) is 4.79 Å². The van der Waals surface area contributed by atoms with Crippen LogP contribution < -0.4 is 4.74 Å². The van der Waals surface area contributed by atoms with Crippen LogP contribution in [-0.2, 0) is 6.54 Å². The van der Waals surface area contributed by atoms with Crippen molar-refractivity contribution in [3.63, 3.8) is 0 Å². The van der Waals surface area contributed by atoms with E-state index in [2.05, 4.69) is 12.0 Å². The summed E-state index contributed by atoms with van der Waals surface area (Å²) in [7, 11) is 1.66. The average Bonchev–Trinajstić information content (AvgIpc) is 3.45. The zero-order valence-electron chi connectivity index (χ0n) is 16.3. The Labute approximate surface area is 165 Å². The fourth-order valence-corrected chi connectivity index (χ4v) is 3.51. The van der Waals surface area contributed by atoms with Gasteiger partial charge in [-0.2, -0.15) is 5.10 Å². The van der Waals surface area contributed by atoms with E-state index in [0.29, 0.717) is 18.0 Å². The van der Waals surface area contributed by atoms with Crippen molar-refractivity contribution in [1.29, 1.82) is 0 Å². The van der Waals surface area contributed by atoms with Crippen LogP contribution in [0.15, 0.2) is 67.0 Å². The van der Waals surface area contributed by atoms with Crippen LogP contribution in [0, 0.1) is 5.92 Å². The molecule has 1 atom stereocenters. The fourth-order valence-electron chi connectivity index (χ4n) is 3.51. The highest BCUT2D eigenvalue weighted by Gasteiger charge is 2.34. The zero-order chi connectivity index (χ0) is 19.5. The minimum absolute atomic E-state index is 0.0715. The van der Waals surface area contributed by atoms with Crippen molar-refractivity contribution in [2.45, 2.75) is 32.4 Å². The van der Waals surface area contributed by atoms with E-state index in [1.165, 1.54) is 12.8 Å². The van der Waals surface area contributed by atoms with Crippen molar-refractivity contribution in [1.82, 2.24) is 14.7 Å². The lowest BCUT2D eigenvalue weighted by Gasteiger charge is -2.30. The molecule has 0 spiro atoms. The largest absolute Gasteiger partial charge is 0.497 e. The second-order valence-corrected chi connectivity index (χ2v) is 7.36. The number of carbonyl (C=O) groups excluding carboxylic acids is 1. The lowest BCUT2D eigenvalue weighted by molar-refractivity contribution is 0.0654. The smallest absolute Gasteiger partial charge is 0.254 e. The van der Waals surface area contributed by atoms with Crippen molar-refractivity contribution in [2.75, 3.05) is 7.11 Å². The Bertz CT molecular complexity index is 913. The molecule has 1 aliphatic carbocycles. The van der Waals surface area contributed by atoms with Gasteiger partial charge < -0.3 is 9.64 Å². The molecule has 1 heterocycles. The molecule has 1 aromatic heterocycles. The van der Waals surface area contributed by atoms with Crippen LogP contribution in [-0.4, -0.2) is 33.7 Å². The number of carbonyl (C=O) groups is 1. The number of ether oxygens (including phenoxy) is 1. The van der Waals surface area contributed by atoms with E-state index in [4.69, 9.17) is 4.74 Å². The van der Waals surface area contributed by atoms with Crippen LogP contribution in [0.2, 0.25) is 0 Å². The Morgan fingerprint density at radius 1 is 1.18 bits per heavy atom. The van der Waals surface area contributed by atoms with E-state index in [1.54, 1.807) is 18.0 Å². The van der Waals surface area contributed by atoms with Crippen molar-refractivity contribution >= 4 is 5.91 Å². The minimum Gasteiger partial charge on any atom is -0.497 e. The number of hydrogen-bond acceptors (Lipinski definition) is 3. The van der Waals surface area contributed by atoms with Gasteiger partial charge in [0.05, 0.1) is 12.8 Å². The van der Waals surface area contributed by atoms with Gasteiger partial charge >= 0.3 is 0 Å². The van der Waals surface area contributed by atoms with Crippen molar-refractivity contribution < 1.29 is 9.53 Å². The number of aromatic nitrogens is 2. The van der Waals surface area contributed by atoms with E-state index in [1.807, 2.05) is 65.7 Å². The Kier molecular flexibility index (Phi) is 5.15. The summed E-state index contributed by atoms with van der Waals surface area (Å²) in [6.45, 7) is 2.76. The molecule has 0 N–H and O–H groups in total. The molecule has 1 saturated carbocycles. The molecule has 0 radical (unpaired) electrons. The van der Waals surface area contributed by atoms with Crippen molar-refractivity contribution in [3.8, 4) is 11.4 Å². The predicted octanol–water partition coefficient (Wildman–Crippen LogP) is 4.32. The first-order chi connectivity index (χ1) is 13.7. The van der Waals surface area contributed by atoms with Gasteiger partial charge in [0, 0.05) is 30.5 Å². The second kappa shape index (κ2) is 7.89. The van der Waals surface area contributed by atoms with Gasteiger partial charge in [0.25, 0.3) is 5.91 Å². The van der Waals surface area contributed by atoms with Gasteiger partial charge in [-0.05, 0) is 73.7 Å². The number of rotatable bonds is 7. The lowest BCUT2D eigenvalue weighted by Crippen LogP contribution is -2.39. The van der Waals surface area contributed by atoms with Gasteiger partial charge in [0.2, 0.25) is 0 Å². The number of nitrogens with zero attached hydrogens (tertiary/aromatic N) is 3.